The minimum absolute atomic E-state index is 0.163. The summed E-state index contributed by atoms with van der Waals surface area (Å²) in [4.78, 5) is 16.4. The molecule has 5 heteroatoms. The van der Waals surface area contributed by atoms with Gasteiger partial charge in [-0.25, -0.2) is 4.98 Å². The van der Waals surface area contributed by atoms with Crippen LogP contribution in [0.4, 0.5) is 5.82 Å². The van der Waals surface area contributed by atoms with Gasteiger partial charge in [-0.1, -0.05) is 25.8 Å². The lowest BCUT2D eigenvalue weighted by Crippen LogP contribution is -2.18. The van der Waals surface area contributed by atoms with Gasteiger partial charge in [0.1, 0.15) is 18.0 Å². The van der Waals surface area contributed by atoms with Crippen LogP contribution in [0, 0.1) is 6.92 Å². The Balaban J connectivity index is 2.25. The largest absolute Gasteiger partial charge is 0.465 e. The van der Waals surface area contributed by atoms with E-state index in [4.69, 9.17) is 9.72 Å². The SMILES string of the molecule is CCCCCc1nc2c(C)cccn2c1NCC(=O)OCC. The quantitative estimate of drug-likeness (QED) is 0.600. The van der Waals surface area contributed by atoms with Gasteiger partial charge in [-0.15, -0.1) is 0 Å². The fourth-order valence-corrected chi connectivity index (χ4v) is 2.52. The summed E-state index contributed by atoms with van der Waals surface area (Å²) in [5, 5.41) is 3.20. The summed E-state index contributed by atoms with van der Waals surface area (Å²) in [6, 6.07) is 4.04. The maximum Gasteiger partial charge on any atom is 0.325 e. The number of aryl methyl sites for hydroxylation is 2. The maximum atomic E-state index is 11.6. The number of imidazole rings is 1. The van der Waals surface area contributed by atoms with Gasteiger partial charge in [0.15, 0.2) is 0 Å². The van der Waals surface area contributed by atoms with Gasteiger partial charge in [0.05, 0.1) is 12.3 Å². The molecule has 0 atom stereocenters. The van der Waals surface area contributed by atoms with E-state index in [0.29, 0.717) is 6.61 Å². The molecule has 120 valence electrons. The van der Waals surface area contributed by atoms with Crippen LogP contribution in [0.25, 0.3) is 5.65 Å². The van der Waals surface area contributed by atoms with Gasteiger partial charge in [-0.05, 0) is 38.3 Å². The minimum Gasteiger partial charge on any atom is -0.465 e. The number of ether oxygens (including phenoxy) is 1. The Hall–Kier alpha value is -2.04. The Morgan fingerprint density at radius 3 is 2.91 bits per heavy atom. The predicted octanol–water partition coefficient (Wildman–Crippen LogP) is 3.35. The first-order valence-electron chi connectivity index (χ1n) is 8.03. The monoisotopic (exact) mass is 303 g/mol. The van der Waals surface area contributed by atoms with Crippen LogP contribution in [0.1, 0.15) is 44.4 Å². The van der Waals surface area contributed by atoms with Crippen molar-refractivity contribution in [1.82, 2.24) is 9.38 Å². The second kappa shape index (κ2) is 7.82. The average Bonchev–Trinajstić information content (AvgIpc) is 2.85. The first-order valence-corrected chi connectivity index (χ1v) is 8.03. The first kappa shape index (κ1) is 16.3. The highest BCUT2D eigenvalue weighted by Crippen LogP contribution is 2.22. The van der Waals surface area contributed by atoms with E-state index in [1.165, 1.54) is 12.8 Å². The fourth-order valence-electron chi connectivity index (χ4n) is 2.52. The van der Waals surface area contributed by atoms with Gasteiger partial charge in [0.25, 0.3) is 0 Å². The summed E-state index contributed by atoms with van der Waals surface area (Å²) >= 11 is 0. The molecule has 1 N–H and O–H groups in total. The predicted molar refractivity (Wildman–Crippen MR) is 88.3 cm³/mol. The number of carbonyl (C=O) groups excluding carboxylic acids is 1. The number of nitrogens with one attached hydrogen (secondary N) is 1. The van der Waals surface area contributed by atoms with Gasteiger partial charge in [0.2, 0.25) is 0 Å². The summed E-state index contributed by atoms with van der Waals surface area (Å²) in [7, 11) is 0. The van der Waals surface area contributed by atoms with E-state index in [1.54, 1.807) is 0 Å². The van der Waals surface area contributed by atoms with E-state index in [2.05, 4.69) is 12.2 Å². The van der Waals surface area contributed by atoms with Crippen molar-refractivity contribution in [3.8, 4) is 0 Å². The second-order valence-electron chi connectivity index (χ2n) is 5.41. The van der Waals surface area contributed by atoms with Crippen LogP contribution < -0.4 is 5.32 Å². The number of aromatic nitrogens is 2. The van der Waals surface area contributed by atoms with Crippen LogP contribution in [0.3, 0.4) is 0 Å². The molecule has 0 saturated heterocycles. The Morgan fingerprint density at radius 1 is 1.36 bits per heavy atom. The van der Waals surface area contributed by atoms with E-state index in [1.807, 2.05) is 36.6 Å². The maximum absolute atomic E-state index is 11.6. The number of esters is 1. The molecular formula is C17H25N3O2. The second-order valence-corrected chi connectivity index (χ2v) is 5.41. The van der Waals surface area contributed by atoms with Crippen LogP contribution in [-0.2, 0) is 16.0 Å². The molecule has 0 aliphatic carbocycles. The van der Waals surface area contributed by atoms with Crippen LogP contribution in [0.2, 0.25) is 0 Å². The first-order chi connectivity index (χ1) is 10.7. The number of pyridine rings is 1. The van der Waals surface area contributed by atoms with Crippen LogP contribution >= 0.6 is 0 Å². The Labute approximate surface area is 131 Å². The smallest absolute Gasteiger partial charge is 0.325 e. The topological polar surface area (TPSA) is 55.6 Å². The summed E-state index contributed by atoms with van der Waals surface area (Å²) in [6.07, 6.45) is 6.36. The van der Waals surface area contributed by atoms with Gasteiger partial charge in [-0.3, -0.25) is 9.20 Å². The lowest BCUT2D eigenvalue weighted by molar-refractivity contribution is -0.140. The third-order valence-electron chi connectivity index (χ3n) is 3.64. The zero-order chi connectivity index (χ0) is 15.9. The Kier molecular flexibility index (Phi) is 5.81. The molecule has 2 rings (SSSR count). The molecule has 0 saturated carbocycles. The fraction of sp³-hybridized carbons (Fsp3) is 0.529. The molecule has 0 fully saturated rings. The van der Waals surface area contributed by atoms with Gasteiger partial charge in [-0.2, -0.15) is 0 Å². The van der Waals surface area contributed by atoms with Crippen molar-refractivity contribution in [3.05, 3.63) is 29.6 Å². The van der Waals surface area contributed by atoms with Gasteiger partial charge < -0.3 is 10.1 Å². The van der Waals surface area contributed by atoms with Crippen molar-refractivity contribution in [2.75, 3.05) is 18.5 Å². The van der Waals surface area contributed by atoms with Crippen LogP contribution in [0.15, 0.2) is 18.3 Å². The number of nitrogens with zero attached hydrogens (tertiary/aromatic N) is 2. The third-order valence-corrected chi connectivity index (χ3v) is 3.64. The van der Waals surface area contributed by atoms with E-state index in [0.717, 1.165) is 35.6 Å². The molecule has 2 aromatic heterocycles. The highest BCUT2D eigenvalue weighted by atomic mass is 16.5. The number of anilines is 1. The summed E-state index contributed by atoms with van der Waals surface area (Å²) < 4.78 is 7.01. The molecule has 0 aliphatic rings. The van der Waals surface area contributed by atoms with Crippen LogP contribution in [0.5, 0.6) is 0 Å². The van der Waals surface area contributed by atoms with Gasteiger partial charge >= 0.3 is 5.97 Å². The van der Waals surface area contributed by atoms with Gasteiger partial charge in [0, 0.05) is 6.20 Å². The van der Waals surface area contributed by atoms with Crippen LogP contribution in [-0.4, -0.2) is 28.5 Å². The normalized spacial score (nSPS) is 10.9. The number of unbranched alkanes of at least 4 members (excludes halogenated alkanes) is 2. The van der Waals surface area contributed by atoms with Crippen molar-refractivity contribution in [2.45, 2.75) is 46.5 Å². The number of hydrogen-bond donors (Lipinski definition) is 1. The molecule has 22 heavy (non-hydrogen) atoms. The zero-order valence-corrected chi connectivity index (χ0v) is 13.7. The van der Waals surface area contributed by atoms with E-state index in [-0.39, 0.29) is 12.5 Å². The molecular weight excluding hydrogens is 278 g/mol. The molecule has 5 nitrogen and oxygen atoms in total. The lowest BCUT2D eigenvalue weighted by Gasteiger charge is -2.08. The highest BCUT2D eigenvalue weighted by molar-refractivity contribution is 5.75. The molecule has 0 unspecified atom stereocenters. The van der Waals surface area contributed by atoms with E-state index in [9.17, 15) is 4.79 Å². The molecule has 0 aliphatic heterocycles. The van der Waals surface area contributed by atoms with Crippen molar-refractivity contribution < 1.29 is 9.53 Å². The number of rotatable bonds is 8. The Morgan fingerprint density at radius 2 is 2.18 bits per heavy atom. The van der Waals surface area contributed by atoms with Crippen molar-refractivity contribution in [1.29, 1.82) is 0 Å². The molecule has 0 radical (unpaired) electrons. The average molecular weight is 303 g/mol. The number of carbonyl (C=O) groups is 1. The third kappa shape index (κ3) is 3.78. The zero-order valence-electron chi connectivity index (χ0n) is 13.7. The Bertz CT molecular complexity index is 634. The summed E-state index contributed by atoms with van der Waals surface area (Å²) in [5.74, 6) is 0.660. The number of hydrogen-bond acceptors (Lipinski definition) is 4. The standard InChI is InChI=1S/C17H25N3O2/c1-4-6-7-10-14-17(18-12-15(21)22-5-2)20-11-8-9-13(3)16(20)19-14/h8-9,11,18H,4-7,10,12H2,1-3H3. The lowest BCUT2D eigenvalue weighted by atomic mass is 10.1. The molecule has 0 spiro atoms. The minimum atomic E-state index is -0.246. The molecule has 0 aromatic carbocycles. The molecule has 0 amide bonds. The number of fused-ring (bicyclic) bond motifs is 1. The summed E-state index contributed by atoms with van der Waals surface area (Å²) in [5.41, 5.74) is 3.09. The van der Waals surface area contributed by atoms with E-state index < -0.39 is 0 Å². The van der Waals surface area contributed by atoms with Crippen molar-refractivity contribution >= 4 is 17.4 Å². The van der Waals surface area contributed by atoms with E-state index >= 15 is 0 Å². The molecule has 2 heterocycles. The molecule has 2 aromatic rings. The van der Waals surface area contributed by atoms with Crippen molar-refractivity contribution in [3.63, 3.8) is 0 Å². The van der Waals surface area contributed by atoms with Crippen molar-refractivity contribution in [2.24, 2.45) is 0 Å². The summed E-state index contributed by atoms with van der Waals surface area (Å²) in [6.45, 7) is 6.61. The molecule has 0 bridgehead atoms. The highest BCUT2D eigenvalue weighted by Gasteiger charge is 2.14.